The second-order valence-electron chi connectivity index (χ2n) is 5.09. The monoisotopic (exact) mass is 302 g/mol. The Bertz CT molecular complexity index is 571. The lowest BCUT2D eigenvalue weighted by molar-refractivity contribution is -0.0737. The highest BCUT2D eigenvalue weighted by Gasteiger charge is 2.18. The van der Waals surface area contributed by atoms with E-state index >= 15 is 0 Å². The minimum Gasteiger partial charge on any atom is -0.392 e. The largest absolute Gasteiger partial charge is 0.392 e. The van der Waals surface area contributed by atoms with Gasteiger partial charge in [-0.1, -0.05) is 60.7 Å². The van der Waals surface area contributed by atoms with Gasteiger partial charge < -0.3 is 9.84 Å². The van der Waals surface area contributed by atoms with Crippen LogP contribution < -0.4 is 0 Å². The van der Waals surface area contributed by atoms with Crippen molar-refractivity contribution in [1.29, 1.82) is 0 Å². The van der Waals surface area contributed by atoms with Crippen LogP contribution in [0.5, 0.6) is 0 Å². The molecule has 0 aliphatic heterocycles. The van der Waals surface area contributed by atoms with E-state index in [1.165, 1.54) is 0 Å². The molecule has 0 aliphatic rings. The Hall–Kier alpha value is -2.04. The Morgan fingerprint density at radius 2 is 1.64 bits per heavy atom. The van der Waals surface area contributed by atoms with Gasteiger partial charge in [0.15, 0.2) is 5.78 Å². The summed E-state index contributed by atoms with van der Waals surface area (Å²) in [6.45, 7) is 0.140. The normalized spacial score (nSPS) is 13.5. The van der Waals surface area contributed by atoms with Crippen LogP contribution in [0.25, 0.3) is 0 Å². The van der Waals surface area contributed by atoms with E-state index in [-0.39, 0.29) is 25.2 Å². The lowest BCUT2D eigenvalue weighted by Crippen LogP contribution is -2.20. The maximum Gasteiger partial charge on any atom is 0.201 e. The molecule has 2 atom stereocenters. The molecule has 2 aromatic rings. The number of carbonyl (C=O) groups is 1. The molecule has 0 aliphatic carbocycles. The van der Waals surface area contributed by atoms with Crippen LogP contribution in [0.2, 0.25) is 0 Å². The van der Waals surface area contributed by atoms with Crippen molar-refractivity contribution in [3.63, 3.8) is 0 Å². The molecule has 1 N–H and O–H groups in total. The van der Waals surface area contributed by atoms with Crippen molar-refractivity contribution in [2.75, 3.05) is 0 Å². The summed E-state index contributed by atoms with van der Waals surface area (Å²) in [6, 6.07) is 17.9. The molecule has 2 aromatic carbocycles. The summed E-state index contributed by atoms with van der Waals surface area (Å²) in [6.07, 6.45) is -2.98. The molecule has 0 heterocycles. The van der Waals surface area contributed by atoms with Crippen molar-refractivity contribution in [3.05, 3.63) is 71.8 Å². The zero-order chi connectivity index (χ0) is 15.8. The Balaban J connectivity index is 1.74. The highest BCUT2D eigenvalue weighted by Crippen LogP contribution is 2.13. The standard InChI is InChI=1S/C18H19FO3/c19-18(22-13-14-7-3-1-4-8-14)12-16(20)11-17(21)15-9-5-2-6-10-15/h1-10,16,18,20H,11-13H2. The topological polar surface area (TPSA) is 46.5 Å². The average Bonchev–Trinajstić information content (AvgIpc) is 2.54. The number of aliphatic hydroxyl groups excluding tert-OH is 1. The molecule has 0 aromatic heterocycles. The lowest BCUT2D eigenvalue weighted by Gasteiger charge is -2.14. The molecule has 0 amide bonds. The quantitative estimate of drug-likeness (QED) is 0.759. The predicted octanol–water partition coefficient (Wildman–Crippen LogP) is 3.52. The van der Waals surface area contributed by atoms with E-state index in [1.54, 1.807) is 24.3 Å². The van der Waals surface area contributed by atoms with Crippen molar-refractivity contribution in [3.8, 4) is 0 Å². The second kappa shape index (κ2) is 8.41. The molecule has 2 rings (SSSR count). The van der Waals surface area contributed by atoms with Crippen LogP contribution in [0.15, 0.2) is 60.7 Å². The molecule has 0 bridgehead atoms. The van der Waals surface area contributed by atoms with Gasteiger partial charge in [-0.2, -0.15) is 0 Å². The minimum absolute atomic E-state index is 0.112. The van der Waals surface area contributed by atoms with E-state index in [0.717, 1.165) is 5.56 Å². The number of hydrogen-bond donors (Lipinski definition) is 1. The van der Waals surface area contributed by atoms with E-state index in [0.29, 0.717) is 5.56 Å². The van der Waals surface area contributed by atoms with Gasteiger partial charge in [-0.15, -0.1) is 0 Å². The van der Waals surface area contributed by atoms with Crippen molar-refractivity contribution >= 4 is 5.78 Å². The molecule has 0 saturated carbocycles. The molecule has 0 spiro atoms. The molecule has 0 saturated heterocycles. The number of carbonyl (C=O) groups excluding carboxylic acids is 1. The summed E-state index contributed by atoms with van der Waals surface area (Å²) < 4.78 is 18.7. The van der Waals surface area contributed by atoms with Gasteiger partial charge in [0, 0.05) is 18.4 Å². The number of ether oxygens (including phenoxy) is 1. The Kier molecular flexibility index (Phi) is 6.25. The van der Waals surface area contributed by atoms with Gasteiger partial charge in [-0.05, 0) is 5.56 Å². The van der Waals surface area contributed by atoms with E-state index in [9.17, 15) is 14.3 Å². The third kappa shape index (κ3) is 5.39. The van der Waals surface area contributed by atoms with Crippen molar-refractivity contribution in [1.82, 2.24) is 0 Å². The van der Waals surface area contributed by atoms with Crippen LogP contribution in [0, 0.1) is 0 Å². The van der Waals surface area contributed by atoms with Crippen molar-refractivity contribution < 1.29 is 19.0 Å². The fourth-order valence-corrected chi connectivity index (χ4v) is 2.08. The maximum absolute atomic E-state index is 13.7. The molecule has 2 unspecified atom stereocenters. The molecule has 3 nitrogen and oxygen atoms in total. The number of ketones is 1. The van der Waals surface area contributed by atoms with Gasteiger partial charge >= 0.3 is 0 Å². The van der Waals surface area contributed by atoms with Crippen LogP contribution >= 0.6 is 0 Å². The predicted molar refractivity (Wildman–Crippen MR) is 82.1 cm³/mol. The SMILES string of the molecule is O=C(CC(O)CC(F)OCc1ccccc1)c1ccccc1. The van der Waals surface area contributed by atoms with Crippen molar-refractivity contribution in [2.45, 2.75) is 31.9 Å². The first-order valence-electron chi connectivity index (χ1n) is 7.21. The zero-order valence-electron chi connectivity index (χ0n) is 12.2. The first kappa shape index (κ1) is 16.3. The van der Waals surface area contributed by atoms with Gasteiger partial charge in [-0.25, -0.2) is 4.39 Å². The average molecular weight is 302 g/mol. The van der Waals surface area contributed by atoms with Crippen LogP contribution in [0.1, 0.15) is 28.8 Å². The summed E-state index contributed by atoms with van der Waals surface area (Å²) in [5.74, 6) is -0.205. The second-order valence-corrected chi connectivity index (χ2v) is 5.09. The van der Waals surface area contributed by atoms with Gasteiger partial charge in [0.2, 0.25) is 6.36 Å². The Morgan fingerprint density at radius 1 is 1.05 bits per heavy atom. The summed E-state index contributed by atoms with van der Waals surface area (Å²) in [5.41, 5.74) is 1.38. The van der Waals surface area contributed by atoms with Crippen LogP contribution in [-0.2, 0) is 11.3 Å². The molecular formula is C18H19FO3. The Labute approximate surface area is 129 Å². The van der Waals surface area contributed by atoms with Crippen LogP contribution in [-0.4, -0.2) is 23.4 Å². The number of hydrogen-bond acceptors (Lipinski definition) is 3. The van der Waals surface area contributed by atoms with Gasteiger partial charge in [0.25, 0.3) is 0 Å². The zero-order valence-corrected chi connectivity index (χ0v) is 12.2. The van der Waals surface area contributed by atoms with E-state index in [2.05, 4.69) is 0 Å². The molecular weight excluding hydrogens is 283 g/mol. The number of Topliss-reactive ketones (excluding diaryl/α,β-unsaturated/α-hetero) is 1. The third-order valence-corrected chi connectivity index (χ3v) is 3.25. The summed E-state index contributed by atoms with van der Waals surface area (Å²) in [5, 5.41) is 9.81. The van der Waals surface area contributed by atoms with E-state index in [1.807, 2.05) is 36.4 Å². The highest BCUT2D eigenvalue weighted by molar-refractivity contribution is 5.96. The van der Waals surface area contributed by atoms with E-state index < -0.39 is 12.5 Å². The van der Waals surface area contributed by atoms with Gasteiger partial charge in [-0.3, -0.25) is 4.79 Å². The number of halogens is 1. The van der Waals surface area contributed by atoms with Crippen LogP contribution in [0.3, 0.4) is 0 Å². The van der Waals surface area contributed by atoms with Gasteiger partial charge in [0.1, 0.15) is 0 Å². The lowest BCUT2D eigenvalue weighted by atomic mass is 10.0. The molecule has 0 radical (unpaired) electrons. The first-order valence-corrected chi connectivity index (χ1v) is 7.21. The summed E-state index contributed by atoms with van der Waals surface area (Å²) in [4.78, 5) is 11.9. The summed E-state index contributed by atoms with van der Waals surface area (Å²) in [7, 11) is 0. The smallest absolute Gasteiger partial charge is 0.201 e. The van der Waals surface area contributed by atoms with Crippen LogP contribution in [0.4, 0.5) is 4.39 Å². The van der Waals surface area contributed by atoms with Gasteiger partial charge in [0.05, 0.1) is 12.7 Å². The number of alkyl halides is 1. The number of rotatable bonds is 8. The molecule has 4 heteroatoms. The Morgan fingerprint density at radius 3 is 2.27 bits per heavy atom. The fourth-order valence-electron chi connectivity index (χ4n) is 2.08. The first-order chi connectivity index (χ1) is 10.6. The highest BCUT2D eigenvalue weighted by atomic mass is 19.1. The molecule has 116 valence electrons. The van der Waals surface area contributed by atoms with E-state index in [4.69, 9.17) is 4.74 Å². The number of aliphatic hydroxyl groups is 1. The molecule has 22 heavy (non-hydrogen) atoms. The summed E-state index contributed by atoms with van der Waals surface area (Å²) >= 11 is 0. The number of benzene rings is 2. The minimum atomic E-state index is -1.60. The maximum atomic E-state index is 13.7. The fraction of sp³-hybridized carbons (Fsp3) is 0.278. The molecule has 0 fully saturated rings. The van der Waals surface area contributed by atoms with Crippen molar-refractivity contribution in [2.24, 2.45) is 0 Å². The third-order valence-electron chi connectivity index (χ3n) is 3.25.